The third-order valence-corrected chi connectivity index (χ3v) is 5.16. The molecule has 19 heavy (non-hydrogen) atoms. The lowest BCUT2D eigenvalue weighted by atomic mass is 9.68. The molecular formula is C16H20BrNO. The third kappa shape index (κ3) is 2.12. The number of halogens is 1. The van der Waals surface area contributed by atoms with Crippen molar-refractivity contribution < 1.29 is 4.79 Å². The molecule has 1 aromatic carbocycles. The van der Waals surface area contributed by atoms with Crippen LogP contribution in [-0.2, 0) is 16.6 Å². The van der Waals surface area contributed by atoms with Crippen molar-refractivity contribution in [1.29, 1.82) is 0 Å². The molecule has 1 aromatic rings. The van der Waals surface area contributed by atoms with Gasteiger partial charge in [-0.3, -0.25) is 4.79 Å². The number of carbonyl (C=O) groups excluding carboxylic acids is 1. The Labute approximate surface area is 123 Å². The number of benzene rings is 1. The first-order valence-electron chi connectivity index (χ1n) is 7.28. The zero-order valence-electron chi connectivity index (χ0n) is 11.2. The molecule has 1 atom stereocenters. The largest absolute Gasteiger partial charge is 0.325 e. The van der Waals surface area contributed by atoms with E-state index in [2.05, 4.69) is 39.4 Å². The van der Waals surface area contributed by atoms with Gasteiger partial charge in [-0.05, 0) is 49.3 Å². The van der Waals surface area contributed by atoms with E-state index < -0.39 is 0 Å². The smallest absolute Gasteiger partial charge is 0.235 e. The summed E-state index contributed by atoms with van der Waals surface area (Å²) < 4.78 is 0. The molecule has 0 fully saturated rings. The molecular weight excluding hydrogens is 302 g/mol. The lowest BCUT2D eigenvalue weighted by Gasteiger charge is -2.33. The van der Waals surface area contributed by atoms with Crippen LogP contribution >= 0.6 is 15.9 Å². The fraction of sp³-hybridized carbons (Fsp3) is 0.562. The number of unbranched alkanes of at least 4 members (excludes halogenated alkanes) is 2. The predicted octanol–water partition coefficient (Wildman–Crippen LogP) is 4.17. The highest BCUT2D eigenvalue weighted by atomic mass is 79.9. The van der Waals surface area contributed by atoms with Crippen LogP contribution in [0.25, 0.3) is 0 Å². The van der Waals surface area contributed by atoms with Crippen LogP contribution in [0, 0.1) is 0 Å². The van der Waals surface area contributed by atoms with Crippen molar-refractivity contribution in [3.63, 3.8) is 0 Å². The zero-order chi connectivity index (χ0) is 13.3. The number of anilines is 1. The van der Waals surface area contributed by atoms with Crippen LogP contribution in [-0.4, -0.2) is 11.2 Å². The Morgan fingerprint density at radius 3 is 3.00 bits per heavy atom. The average Bonchev–Trinajstić information content (AvgIpc) is 2.71. The number of alkyl halides is 1. The molecule has 1 amide bonds. The van der Waals surface area contributed by atoms with Crippen molar-refractivity contribution in [2.45, 2.75) is 50.4 Å². The Bertz CT molecular complexity index is 500. The van der Waals surface area contributed by atoms with Gasteiger partial charge >= 0.3 is 0 Å². The maximum absolute atomic E-state index is 12.5. The molecule has 0 saturated carbocycles. The van der Waals surface area contributed by atoms with Gasteiger partial charge in [0.1, 0.15) is 0 Å². The molecule has 0 bridgehead atoms. The van der Waals surface area contributed by atoms with E-state index in [1.807, 2.05) is 0 Å². The molecule has 0 spiro atoms. The minimum Gasteiger partial charge on any atom is -0.325 e. The number of rotatable bonds is 5. The maximum Gasteiger partial charge on any atom is 0.235 e. The van der Waals surface area contributed by atoms with Crippen molar-refractivity contribution in [2.24, 2.45) is 0 Å². The summed E-state index contributed by atoms with van der Waals surface area (Å²) in [5.41, 5.74) is 3.58. The van der Waals surface area contributed by atoms with Gasteiger partial charge in [0.15, 0.2) is 0 Å². The van der Waals surface area contributed by atoms with E-state index in [-0.39, 0.29) is 11.3 Å². The van der Waals surface area contributed by atoms with Gasteiger partial charge in [-0.2, -0.15) is 0 Å². The molecule has 1 N–H and O–H groups in total. The number of carbonyl (C=O) groups is 1. The van der Waals surface area contributed by atoms with E-state index in [0.717, 1.165) is 43.1 Å². The first-order chi connectivity index (χ1) is 9.28. The van der Waals surface area contributed by atoms with Gasteiger partial charge in [-0.1, -0.05) is 40.9 Å². The van der Waals surface area contributed by atoms with Crippen molar-refractivity contribution >= 4 is 27.5 Å². The van der Waals surface area contributed by atoms with Crippen LogP contribution in [0.4, 0.5) is 5.69 Å². The van der Waals surface area contributed by atoms with Crippen molar-refractivity contribution in [3.8, 4) is 0 Å². The number of aryl methyl sites for hydroxylation is 1. The molecule has 0 radical (unpaired) electrons. The van der Waals surface area contributed by atoms with Gasteiger partial charge in [0.2, 0.25) is 5.91 Å². The highest BCUT2D eigenvalue weighted by Crippen LogP contribution is 2.49. The molecule has 0 aromatic heterocycles. The van der Waals surface area contributed by atoms with Gasteiger partial charge in [-0.25, -0.2) is 0 Å². The van der Waals surface area contributed by atoms with E-state index in [1.54, 1.807) is 0 Å². The molecule has 0 saturated heterocycles. The van der Waals surface area contributed by atoms with Crippen molar-refractivity contribution in [2.75, 3.05) is 10.6 Å². The molecule has 1 heterocycles. The maximum atomic E-state index is 12.5. The van der Waals surface area contributed by atoms with Crippen LogP contribution in [0.3, 0.4) is 0 Å². The van der Waals surface area contributed by atoms with Gasteiger partial charge in [-0.15, -0.1) is 0 Å². The fourth-order valence-corrected chi connectivity index (χ4v) is 4.11. The number of nitrogens with one attached hydrogen (secondary N) is 1. The second-order valence-corrected chi connectivity index (χ2v) is 6.52. The van der Waals surface area contributed by atoms with E-state index >= 15 is 0 Å². The van der Waals surface area contributed by atoms with Crippen LogP contribution < -0.4 is 5.32 Å². The number of hydrogen-bond acceptors (Lipinski definition) is 1. The topological polar surface area (TPSA) is 29.1 Å². The van der Waals surface area contributed by atoms with Gasteiger partial charge in [0.05, 0.1) is 5.41 Å². The molecule has 2 nitrogen and oxygen atoms in total. The molecule has 3 heteroatoms. The molecule has 1 aliphatic heterocycles. The molecule has 2 aliphatic rings. The van der Waals surface area contributed by atoms with Gasteiger partial charge in [0, 0.05) is 11.0 Å². The summed E-state index contributed by atoms with van der Waals surface area (Å²) in [6.45, 7) is 0. The predicted molar refractivity (Wildman–Crippen MR) is 81.9 cm³/mol. The summed E-state index contributed by atoms with van der Waals surface area (Å²) in [5.74, 6) is 0.244. The van der Waals surface area contributed by atoms with Crippen molar-refractivity contribution in [1.82, 2.24) is 0 Å². The number of amides is 1. The molecule has 1 unspecified atom stereocenters. The summed E-state index contributed by atoms with van der Waals surface area (Å²) >= 11 is 3.47. The first-order valence-corrected chi connectivity index (χ1v) is 8.40. The zero-order valence-corrected chi connectivity index (χ0v) is 12.8. The second-order valence-electron chi connectivity index (χ2n) is 5.73. The number of hydrogen-bond donors (Lipinski definition) is 1. The van der Waals surface area contributed by atoms with E-state index in [1.165, 1.54) is 24.0 Å². The van der Waals surface area contributed by atoms with Crippen LogP contribution in [0.2, 0.25) is 0 Å². The molecule has 1 aliphatic carbocycles. The monoisotopic (exact) mass is 321 g/mol. The minimum absolute atomic E-state index is 0.212. The highest BCUT2D eigenvalue weighted by molar-refractivity contribution is 9.09. The average molecular weight is 322 g/mol. The SMILES string of the molecule is O=C1Nc2cccc3c2C1(CCCCCBr)CCC3. The first kappa shape index (κ1) is 13.2. The fourth-order valence-electron chi connectivity index (χ4n) is 3.71. The minimum atomic E-state index is -0.212. The van der Waals surface area contributed by atoms with Gasteiger partial charge < -0.3 is 5.32 Å². The van der Waals surface area contributed by atoms with E-state index in [9.17, 15) is 4.79 Å². The summed E-state index contributed by atoms with van der Waals surface area (Å²) in [6, 6.07) is 6.33. The molecule has 3 rings (SSSR count). The standard InChI is InChI=1S/C16H20BrNO/c17-11-3-1-2-9-16-10-5-7-12-6-4-8-13(14(12)16)18-15(16)19/h4,6,8H,1-3,5,7,9-11H2,(H,18,19). The van der Waals surface area contributed by atoms with E-state index in [0.29, 0.717) is 0 Å². The Hall–Kier alpha value is -0.830. The van der Waals surface area contributed by atoms with E-state index in [4.69, 9.17) is 0 Å². The molecule has 102 valence electrons. The van der Waals surface area contributed by atoms with Crippen LogP contribution in [0.15, 0.2) is 18.2 Å². The van der Waals surface area contributed by atoms with Gasteiger partial charge in [0.25, 0.3) is 0 Å². The summed E-state index contributed by atoms with van der Waals surface area (Å²) in [4.78, 5) is 12.5. The second kappa shape index (κ2) is 5.28. The summed E-state index contributed by atoms with van der Waals surface area (Å²) in [6.07, 6.45) is 7.85. The van der Waals surface area contributed by atoms with Crippen molar-refractivity contribution in [3.05, 3.63) is 29.3 Å². The Morgan fingerprint density at radius 1 is 1.26 bits per heavy atom. The quantitative estimate of drug-likeness (QED) is 0.640. The lowest BCUT2D eigenvalue weighted by Crippen LogP contribution is -2.37. The Morgan fingerprint density at radius 2 is 2.16 bits per heavy atom. The van der Waals surface area contributed by atoms with Crippen LogP contribution in [0.1, 0.15) is 49.7 Å². The third-order valence-electron chi connectivity index (χ3n) is 4.60. The Kier molecular flexibility index (Phi) is 3.66. The normalized spacial score (nSPS) is 24.2. The lowest BCUT2D eigenvalue weighted by molar-refractivity contribution is -0.121. The van der Waals surface area contributed by atoms with Crippen LogP contribution in [0.5, 0.6) is 0 Å². The Balaban J connectivity index is 1.89. The summed E-state index contributed by atoms with van der Waals surface area (Å²) in [7, 11) is 0. The highest BCUT2D eigenvalue weighted by Gasteiger charge is 2.48. The summed E-state index contributed by atoms with van der Waals surface area (Å²) in [5, 5.41) is 4.18.